The minimum absolute atomic E-state index is 0.0884. The van der Waals surface area contributed by atoms with E-state index in [1.54, 1.807) is 22.1 Å². The van der Waals surface area contributed by atoms with Gasteiger partial charge in [-0.05, 0) is 50.3 Å². The molecule has 0 saturated carbocycles. The van der Waals surface area contributed by atoms with Crippen molar-refractivity contribution < 1.29 is 0 Å². The second kappa shape index (κ2) is 6.36. The first kappa shape index (κ1) is 15.3. The van der Waals surface area contributed by atoms with Crippen molar-refractivity contribution in [3.8, 4) is 0 Å². The Bertz CT molecular complexity index is 930. The predicted octanol–water partition coefficient (Wildman–Crippen LogP) is 3.36. The highest BCUT2D eigenvalue weighted by Crippen LogP contribution is 2.34. The lowest BCUT2D eigenvalue weighted by Gasteiger charge is -2.13. The second-order valence-corrected chi connectivity index (χ2v) is 7.13. The summed E-state index contributed by atoms with van der Waals surface area (Å²) in [6.45, 7) is 3.15. The third-order valence-electron chi connectivity index (χ3n) is 4.54. The number of anilines is 1. The van der Waals surface area contributed by atoms with Crippen LogP contribution in [0.4, 0.5) is 5.95 Å². The van der Waals surface area contributed by atoms with Crippen molar-refractivity contribution in [1.29, 1.82) is 0 Å². The first-order valence-electron chi connectivity index (χ1n) is 8.46. The van der Waals surface area contributed by atoms with Gasteiger partial charge in [0.25, 0.3) is 5.56 Å². The van der Waals surface area contributed by atoms with Gasteiger partial charge in [-0.3, -0.25) is 14.3 Å². The highest BCUT2D eigenvalue weighted by atomic mass is 32.1. The fourth-order valence-electron chi connectivity index (χ4n) is 3.34. The Balaban J connectivity index is 1.76. The van der Waals surface area contributed by atoms with E-state index in [1.807, 2.05) is 25.1 Å². The van der Waals surface area contributed by atoms with Gasteiger partial charge in [0.1, 0.15) is 4.83 Å². The number of hydrogen-bond acceptors (Lipinski definition) is 5. The Hall–Kier alpha value is -2.21. The summed E-state index contributed by atoms with van der Waals surface area (Å²) in [4.78, 5) is 24.3. The van der Waals surface area contributed by atoms with Crippen molar-refractivity contribution in [3.05, 3.63) is 50.9 Å². The normalized spacial score (nSPS) is 13.9. The Morgan fingerprint density at radius 2 is 2.17 bits per heavy atom. The number of rotatable bonds is 4. The largest absolute Gasteiger partial charge is 0.350 e. The van der Waals surface area contributed by atoms with E-state index in [0.717, 1.165) is 28.8 Å². The molecule has 4 rings (SSSR count). The Kier molecular flexibility index (Phi) is 4.06. The van der Waals surface area contributed by atoms with E-state index < -0.39 is 0 Å². The van der Waals surface area contributed by atoms with Crippen molar-refractivity contribution in [2.75, 3.05) is 5.32 Å². The molecular formula is C18H20N4OS. The summed E-state index contributed by atoms with van der Waals surface area (Å²) in [5.41, 5.74) is 2.27. The number of aromatic nitrogens is 3. The van der Waals surface area contributed by atoms with Crippen LogP contribution < -0.4 is 10.9 Å². The standard InChI is InChI=1S/C18H20N4OS/c1-2-22-17(23)15-13-8-3-4-9-14(13)24-16(15)21-18(22)20-11-12-7-5-6-10-19-12/h5-7,10H,2-4,8-9,11H2,1H3,(H,20,21). The van der Waals surface area contributed by atoms with Gasteiger partial charge in [0.05, 0.1) is 17.6 Å². The Morgan fingerprint density at radius 1 is 1.29 bits per heavy atom. The molecule has 0 amide bonds. The van der Waals surface area contributed by atoms with E-state index in [0.29, 0.717) is 19.0 Å². The molecule has 3 heterocycles. The average molecular weight is 340 g/mol. The van der Waals surface area contributed by atoms with Gasteiger partial charge in [0, 0.05) is 17.6 Å². The lowest BCUT2D eigenvalue weighted by Crippen LogP contribution is -2.24. The summed E-state index contributed by atoms with van der Waals surface area (Å²) in [5.74, 6) is 0.638. The topological polar surface area (TPSA) is 59.8 Å². The molecule has 0 radical (unpaired) electrons. The van der Waals surface area contributed by atoms with E-state index in [-0.39, 0.29) is 5.56 Å². The van der Waals surface area contributed by atoms with Crippen LogP contribution in [0.5, 0.6) is 0 Å². The summed E-state index contributed by atoms with van der Waals surface area (Å²) >= 11 is 1.69. The van der Waals surface area contributed by atoms with E-state index in [9.17, 15) is 4.79 Å². The molecule has 3 aromatic rings. The first-order valence-corrected chi connectivity index (χ1v) is 9.28. The zero-order valence-corrected chi connectivity index (χ0v) is 14.5. The lowest BCUT2D eigenvalue weighted by atomic mass is 9.97. The van der Waals surface area contributed by atoms with Crippen LogP contribution in [-0.4, -0.2) is 14.5 Å². The van der Waals surface area contributed by atoms with E-state index in [2.05, 4.69) is 10.3 Å². The van der Waals surface area contributed by atoms with Crippen molar-refractivity contribution in [3.63, 3.8) is 0 Å². The number of thiophene rings is 1. The monoisotopic (exact) mass is 340 g/mol. The van der Waals surface area contributed by atoms with Gasteiger partial charge >= 0.3 is 0 Å². The fourth-order valence-corrected chi connectivity index (χ4v) is 4.59. The second-order valence-electron chi connectivity index (χ2n) is 6.05. The third kappa shape index (κ3) is 2.60. The molecule has 0 bridgehead atoms. The van der Waals surface area contributed by atoms with Gasteiger partial charge in [-0.1, -0.05) is 6.07 Å². The molecule has 124 valence electrons. The van der Waals surface area contributed by atoms with E-state index in [1.165, 1.54) is 23.3 Å². The molecule has 1 aliphatic carbocycles. The Morgan fingerprint density at radius 3 is 2.96 bits per heavy atom. The van der Waals surface area contributed by atoms with E-state index >= 15 is 0 Å². The molecule has 0 atom stereocenters. The molecule has 1 aliphatic rings. The molecule has 1 N–H and O–H groups in total. The Labute approximate surface area is 144 Å². The lowest BCUT2D eigenvalue weighted by molar-refractivity contribution is 0.695. The summed E-state index contributed by atoms with van der Waals surface area (Å²) in [5, 5.41) is 4.14. The molecular weight excluding hydrogens is 320 g/mol. The summed E-state index contributed by atoms with van der Waals surface area (Å²) in [7, 11) is 0. The number of aryl methyl sites for hydroxylation is 2. The zero-order chi connectivity index (χ0) is 16.5. The molecule has 3 aromatic heterocycles. The highest BCUT2D eigenvalue weighted by Gasteiger charge is 2.21. The maximum Gasteiger partial charge on any atom is 0.263 e. The summed E-state index contributed by atoms with van der Waals surface area (Å²) < 4.78 is 1.74. The van der Waals surface area contributed by atoms with Crippen molar-refractivity contribution in [2.24, 2.45) is 0 Å². The third-order valence-corrected chi connectivity index (χ3v) is 5.73. The van der Waals surface area contributed by atoms with E-state index in [4.69, 9.17) is 4.98 Å². The molecule has 24 heavy (non-hydrogen) atoms. The number of nitrogens with one attached hydrogen (secondary N) is 1. The molecule has 6 heteroatoms. The summed E-state index contributed by atoms with van der Waals surface area (Å²) in [6.07, 6.45) is 6.25. The number of nitrogens with zero attached hydrogens (tertiary/aromatic N) is 3. The first-order chi connectivity index (χ1) is 11.8. The fraction of sp³-hybridized carbons (Fsp3) is 0.389. The van der Waals surface area contributed by atoms with Gasteiger partial charge in [0.15, 0.2) is 0 Å². The molecule has 0 fully saturated rings. The van der Waals surface area contributed by atoms with Gasteiger partial charge < -0.3 is 5.32 Å². The van der Waals surface area contributed by atoms with Crippen LogP contribution in [0.1, 0.15) is 35.9 Å². The minimum Gasteiger partial charge on any atom is -0.350 e. The van der Waals surface area contributed by atoms with Crippen LogP contribution in [0, 0.1) is 0 Å². The van der Waals surface area contributed by atoms with Crippen molar-refractivity contribution >= 4 is 27.5 Å². The SMILES string of the molecule is CCn1c(NCc2ccccn2)nc2sc3c(c2c1=O)CCCC3. The van der Waals surface area contributed by atoms with Gasteiger partial charge in [-0.25, -0.2) is 4.98 Å². The van der Waals surface area contributed by atoms with Crippen LogP contribution in [0.15, 0.2) is 29.2 Å². The van der Waals surface area contributed by atoms with Crippen LogP contribution in [0.25, 0.3) is 10.2 Å². The van der Waals surface area contributed by atoms with Crippen molar-refractivity contribution in [2.45, 2.75) is 45.7 Å². The smallest absolute Gasteiger partial charge is 0.263 e. The maximum absolute atomic E-state index is 13.0. The van der Waals surface area contributed by atoms with Crippen LogP contribution in [0.3, 0.4) is 0 Å². The van der Waals surface area contributed by atoms with Crippen LogP contribution >= 0.6 is 11.3 Å². The average Bonchev–Trinajstić information content (AvgIpc) is 2.99. The number of pyridine rings is 1. The molecule has 0 aromatic carbocycles. The van der Waals surface area contributed by atoms with Gasteiger partial charge in [0.2, 0.25) is 5.95 Å². The van der Waals surface area contributed by atoms with Crippen LogP contribution in [-0.2, 0) is 25.9 Å². The van der Waals surface area contributed by atoms with Gasteiger partial charge in [-0.2, -0.15) is 0 Å². The quantitative estimate of drug-likeness (QED) is 0.791. The number of fused-ring (bicyclic) bond motifs is 3. The van der Waals surface area contributed by atoms with Crippen LogP contribution in [0.2, 0.25) is 0 Å². The maximum atomic E-state index is 13.0. The number of hydrogen-bond donors (Lipinski definition) is 1. The predicted molar refractivity (Wildman–Crippen MR) is 97.8 cm³/mol. The van der Waals surface area contributed by atoms with Crippen molar-refractivity contribution in [1.82, 2.24) is 14.5 Å². The molecule has 5 nitrogen and oxygen atoms in total. The van der Waals surface area contributed by atoms with Gasteiger partial charge in [-0.15, -0.1) is 11.3 Å². The molecule has 0 unspecified atom stereocenters. The minimum atomic E-state index is 0.0884. The molecule has 0 spiro atoms. The zero-order valence-electron chi connectivity index (χ0n) is 13.7. The highest BCUT2D eigenvalue weighted by molar-refractivity contribution is 7.18. The summed E-state index contributed by atoms with van der Waals surface area (Å²) in [6, 6.07) is 5.82. The molecule has 0 aliphatic heterocycles. The molecule has 0 saturated heterocycles.